The van der Waals surface area contributed by atoms with Gasteiger partial charge in [-0.3, -0.25) is 19.1 Å². The van der Waals surface area contributed by atoms with Gasteiger partial charge in [-0.2, -0.15) is 0 Å². The van der Waals surface area contributed by atoms with Crippen LogP contribution in [-0.2, 0) is 9.53 Å². The summed E-state index contributed by atoms with van der Waals surface area (Å²) < 4.78 is 6.92. The molecule has 1 aliphatic heterocycles. The SMILES string of the molecule is Cc1cn([C@H]2C[C@H](NC(=O)[C@@H](N)C(C)C)[C@@H](CO)O2)c(=O)[nH]c1=O. The van der Waals surface area contributed by atoms with Crippen molar-refractivity contribution in [2.45, 2.75) is 51.6 Å². The van der Waals surface area contributed by atoms with Crippen molar-refractivity contribution in [3.05, 3.63) is 32.6 Å². The number of aliphatic hydroxyl groups is 1. The highest BCUT2D eigenvalue weighted by atomic mass is 16.5. The highest BCUT2D eigenvalue weighted by Crippen LogP contribution is 2.27. The Morgan fingerprint density at radius 2 is 2.21 bits per heavy atom. The molecule has 0 unspecified atom stereocenters. The highest BCUT2D eigenvalue weighted by molar-refractivity contribution is 5.82. The number of ether oxygens (including phenoxy) is 1. The Hall–Kier alpha value is -1.97. The number of H-pyrrole nitrogens is 1. The molecule has 1 aliphatic rings. The van der Waals surface area contributed by atoms with Gasteiger partial charge in [0.25, 0.3) is 5.56 Å². The number of nitrogens with one attached hydrogen (secondary N) is 2. The Bertz CT molecular complexity index is 711. The number of hydrogen-bond acceptors (Lipinski definition) is 6. The van der Waals surface area contributed by atoms with E-state index in [1.165, 1.54) is 10.8 Å². The summed E-state index contributed by atoms with van der Waals surface area (Å²) in [4.78, 5) is 37.7. The highest BCUT2D eigenvalue weighted by Gasteiger charge is 2.38. The molecule has 1 aromatic heterocycles. The molecule has 9 nitrogen and oxygen atoms in total. The summed E-state index contributed by atoms with van der Waals surface area (Å²) in [5.74, 6) is -0.358. The predicted octanol–water partition coefficient (Wildman–Crippen LogP) is -1.41. The first kappa shape index (κ1) is 18.4. The second-order valence-corrected chi connectivity index (χ2v) is 6.41. The lowest BCUT2D eigenvalue weighted by atomic mass is 10.0. The van der Waals surface area contributed by atoms with Crippen LogP contribution in [0.5, 0.6) is 0 Å². The Balaban J connectivity index is 2.18. The van der Waals surface area contributed by atoms with E-state index in [1.807, 2.05) is 13.8 Å². The number of amides is 1. The molecule has 4 atom stereocenters. The molecule has 0 aromatic carbocycles. The monoisotopic (exact) mass is 340 g/mol. The van der Waals surface area contributed by atoms with Gasteiger partial charge >= 0.3 is 5.69 Å². The molecule has 0 radical (unpaired) electrons. The topological polar surface area (TPSA) is 139 Å². The van der Waals surface area contributed by atoms with Crippen LogP contribution in [0.4, 0.5) is 0 Å². The van der Waals surface area contributed by atoms with Gasteiger partial charge in [-0.1, -0.05) is 13.8 Å². The molecule has 134 valence electrons. The lowest BCUT2D eigenvalue weighted by Crippen LogP contribution is -2.50. The van der Waals surface area contributed by atoms with E-state index >= 15 is 0 Å². The van der Waals surface area contributed by atoms with E-state index in [4.69, 9.17) is 10.5 Å². The van der Waals surface area contributed by atoms with Gasteiger partial charge in [-0.25, -0.2) is 4.79 Å². The third-order valence-electron chi connectivity index (χ3n) is 4.22. The summed E-state index contributed by atoms with van der Waals surface area (Å²) in [7, 11) is 0. The van der Waals surface area contributed by atoms with Crippen LogP contribution in [0.3, 0.4) is 0 Å². The average molecular weight is 340 g/mol. The fourth-order valence-electron chi connectivity index (χ4n) is 2.60. The lowest BCUT2D eigenvalue weighted by molar-refractivity contribution is -0.124. The normalized spacial score (nSPS) is 25.0. The van der Waals surface area contributed by atoms with Gasteiger partial charge in [-0.05, 0) is 12.8 Å². The zero-order valence-corrected chi connectivity index (χ0v) is 14.0. The molecule has 2 heterocycles. The first-order valence-electron chi connectivity index (χ1n) is 7.89. The van der Waals surface area contributed by atoms with Crippen molar-refractivity contribution in [3.8, 4) is 0 Å². The van der Waals surface area contributed by atoms with Gasteiger partial charge < -0.3 is 20.9 Å². The number of carbonyl (C=O) groups is 1. The van der Waals surface area contributed by atoms with Gasteiger partial charge in [0.1, 0.15) is 12.3 Å². The van der Waals surface area contributed by atoms with Crippen LogP contribution in [0.2, 0.25) is 0 Å². The van der Waals surface area contributed by atoms with E-state index in [9.17, 15) is 19.5 Å². The minimum Gasteiger partial charge on any atom is -0.394 e. The molecule has 5 N–H and O–H groups in total. The van der Waals surface area contributed by atoms with Crippen LogP contribution >= 0.6 is 0 Å². The van der Waals surface area contributed by atoms with Crippen LogP contribution in [0.15, 0.2) is 15.8 Å². The second-order valence-electron chi connectivity index (χ2n) is 6.41. The minimum absolute atomic E-state index is 0.0276. The van der Waals surface area contributed by atoms with Crippen molar-refractivity contribution in [3.63, 3.8) is 0 Å². The third-order valence-corrected chi connectivity index (χ3v) is 4.22. The maximum absolute atomic E-state index is 12.1. The zero-order valence-electron chi connectivity index (χ0n) is 14.0. The largest absolute Gasteiger partial charge is 0.394 e. The number of carbonyl (C=O) groups excluding carboxylic acids is 1. The number of aryl methyl sites for hydroxylation is 1. The number of nitrogens with two attached hydrogens (primary N) is 1. The molecular weight excluding hydrogens is 316 g/mol. The second kappa shape index (κ2) is 7.29. The van der Waals surface area contributed by atoms with Crippen molar-refractivity contribution in [2.75, 3.05) is 6.61 Å². The summed E-state index contributed by atoms with van der Waals surface area (Å²) in [5, 5.41) is 12.2. The van der Waals surface area contributed by atoms with Gasteiger partial charge in [0.2, 0.25) is 5.91 Å². The van der Waals surface area contributed by atoms with E-state index in [0.717, 1.165) is 0 Å². The average Bonchev–Trinajstić information content (AvgIpc) is 2.92. The van der Waals surface area contributed by atoms with Crippen molar-refractivity contribution in [1.29, 1.82) is 0 Å². The maximum Gasteiger partial charge on any atom is 0.330 e. The molecular formula is C15H24N4O5. The van der Waals surface area contributed by atoms with Gasteiger partial charge in [0.05, 0.1) is 18.7 Å². The fraction of sp³-hybridized carbons (Fsp3) is 0.667. The summed E-state index contributed by atoms with van der Waals surface area (Å²) in [6.07, 6.45) is 0.348. The van der Waals surface area contributed by atoms with Crippen molar-refractivity contribution in [2.24, 2.45) is 11.7 Å². The molecule has 0 spiro atoms. The Kier molecular flexibility index (Phi) is 5.58. The van der Waals surface area contributed by atoms with Crippen LogP contribution in [-0.4, -0.2) is 45.4 Å². The number of nitrogens with zero attached hydrogens (tertiary/aromatic N) is 1. The minimum atomic E-state index is -0.689. The van der Waals surface area contributed by atoms with Crippen molar-refractivity contribution >= 4 is 5.91 Å². The fourth-order valence-corrected chi connectivity index (χ4v) is 2.60. The van der Waals surface area contributed by atoms with E-state index in [1.54, 1.807) is 6.92 Å². The summed E-state index contributed by atoms with van der Waals surface area (Å²) in [5.41, 5.74) is 5.13. The summed E-state index contributed by atoms with van der Waals surface area (Å²) >= 11 is 0. The number of aliphatic hydroxyl groups excluding tert-OH is 1. The standard InChI is InChI=1S/C15H24N4O5/c1-7(2)12(16)14(22)17-9-4-11(24-10(9)6-20)19-5-8(3)13(21)18-15(19)23/h5,7,9-12,20H,4,6,16H2,1-3H3,(H,17,22)(H,18,21,23)/t9-,10+,11+,12-/m0/s1. The molecule has 2 rings (SSSR count). The molecule has 0 aliphatic carbocycles. The molecule has 0 saturated carbocycles. The Labute approximate surface area is 138 Å². The smallest absolute Gasteiger partial charge is 0.330 e. The predicted molar refractivity (Wildman–Crippen MR) is 86.4 cm³/mol. The third kappa shape index (κ3) is 3.74. The molecule has 0 bridgehead atoms. The summed E-state index contributed by atoms with van der Waals surface area (Å²) in [6, 6.07) is -1.14. The van der Waals surface area contributed by atoms with Crippen LogP contribution in [0.25, 0.3) is 0 Å². The summed E-state index contributed by atoms with van der Waals surface area (Å²) in [6.45, 7) is 4.94. The zero-order chi connectivity index (χ0) is 18.0. The lowest BCUT2D eigenvalue weighted by Gasteiger charge is -2.21. The van der Waals surface area contributed by atoms with Crippen LogP contribution in [0, 0.1) is 12.8 Å². The first-order valence-corrected chi connectivity index (χ1v) is 7.89. The quantitative estimate of drug-likeness (QED) is 0.519. The van der Waals surface area contributed by atoms with Gasteiger partial charge in [-0.15, -0.1) is 0 Å². The van der Waals surface area contributed by atoms with E-state index in [0.29, 0.717) is 5.56 Å². The molecule has 1 fully saturated rings. The van der Waals surface area contributed by atoms with Gasteiger partial charge in [0.15, 0.2) is 0 Å². The molecule has 9 heteroatoms. The first-order chi connectivity index (χ1) is 11.2. The van der Waals surface area contributed by atoms with Crippen molar-refractivity contribution in [1.82, 2.24) is 14.9 Å². The van der Waals surface area contributed by atoms with Crippen molar-refractivity contribution < 1.29 is 14.6 Å². The van der Waals surface area contributed by atoms with Crippen LogP contribution < -0.4 is 22.3 Å². The number of rotatable bonds is 5. The van der Waals surface area contributed by atoms with E-state index < -0.39 is 35.7 Å². The molecule has 1 saturated heterocycles. The number of hydrogen-bond donors (Lipinski definition) is 4. The molecule has 24 heavy (non-hydrogen) atoms. The van der Waals surface area contributed by atoms with Gasteiger partial charge in [0, 0.05) is 18.2 Å². The maximum atomic E-state index is 12.1. The number of aromatic amines is 1. The Morgan fingerprint density at radius 1 is 1.54 bits per heavy atom. The molecule has 1 amide bonds. The van der Waals surface area contributed by atoms with E-state index in [2.05, 4.69) is 10.3 Å². The van der Waals surface area contributed by atoms with Crippen LogP contribution in [0.1, 0.15) is 32.1 Å². The Morgan fingerprint density at radius 3 is 2.79 bits per heavy atom. The number of aromatic nitrogens is 2. The molecule has 1 aromatic rings. The van der Waals surface area contributed by atoms with E-state index in [-0.39, 0.29) is 24.9 Å².